The number of aromatic nitrogens is 1. The Hall–Kier alpha value is -2.61. The Morgan fingerprint density at radius 1 is 1.19 bits per heavy atom. The zero-order valence-electron chi connectivity index (χ0n) is 13.9. The minimum absolute atomic E-state index is 0.0732. The van der Waals surface area contributed by atoms with Crippen molar-refractivity contribution in [2.45, 2.75) is 19.0 Å². The summed E-state index contributed by atoms with van der Waals surface area (Å²) in [5.41, 5.74) is 3.81. The summed E-state index contributed by atoms with van der Waals surface area (Å²) in [6.45, 7) is 3.88. The van der Waals surface area contributed by atoms with Gasteiger partial charge in [0.1, 0.15) is 0 Å². The molecule has 0 aliphatic heterocycles. The fourth-order valence-corrected chi connectivity index (χ4v) is 2.83. The van der Waals surface area contributed by atoms with Crippen LogP contribution in [0, 0.1) is 11.9 Å². The molecule has 1 aliphatic rings. The minimum atomic E-state index is -4.78. The van der Waals surface area contributed by atoms with E-state index in [4.69, 9.17) is 11.6 Å². The molecule has 3 rings (SSSR count). The van der Waals surface area contributed by atoms with Crippen molar-refractivity contribution in [2.24, 2.45) is 11.8 Å². The summed E-state index contributed by atoms with van der Waals surface area (Å²) in [6.07, 6.45) is -1.49. The zero-order chi connectivity index (χ0) is 19.1. The van der Waals surface area contributed by atoms with E-state index in [2.05, 4.69) is 11.6 Å². The molecule has 1 heterocycles. The molecule has 0 radical (unpaired) electrons. The molecule has 0 saturated heterocycles. The summed E-state index contributed by atoms with van der Waals surface area (Å²) in [5.74, 6) is 5.23. The smallest absolute Gasteiger partial charge is 0.396 e. The predicted octanol–water partition coefficient (Wildman–Crippen LogP) is 4.22. The second-order valence-electron chi connectivity index (χ2n) is 6.29. The number of hydrogen-bond donors (Lipinski definition) is 2. The molecule has 4 nitrogen and oxygen atoms in total. The Morgan fingerprint density at radius 3 is 2.38 bits per heavy atom. The largest absolute Gasteiger partial charge is 0.419 e. The van der Waals surface area contributed by atoms with Gasteiger partial charge >= 0.3 is 6.18 Å². The lowest BCUT2D eigenvalue weighted by Gasteiger charge is -2.24. The van der Waals surface area contributed by atoms with Crippen LogP contribution in [0.1, 0.15) is 24.1 Å². The van der Waals surface area contributed by atoms with Crippen molar-refractivity contribution in [1.29, 1.82) is 0 Å². The lowest BCUT2D eigenvalue weighted by molar-refractivity contribution is -0.136. The maximum absolute atomic E-state index is 14.3. The highest BCUT2D eigenvalue weighted by Crippen LogP contribution is 2.45. The van der Waals surface area contributed by atoms with Crippen molar-refractivity contribution in [2.75, 3.05) is 17.3 Å². The van der Waals surface area contributed by atoms with Gasteiger partial charge in [0, 0.05) is 17.7 Å². The third-order valence-corrected chi connectivity index (χ3v) is 4.34. The van der Waals surface area contributed by atoms with Crippen LogP contribution in [0.2, 0.25) is 0 Å². The van der Waals surface area contributed by atoms with E-state index < -0.39 is 23.4 Å². The molecule has 8 heteroatoms. The standard InChI is InChI=1S/C18H18F4N4/c1-2-11-5-6-13(17(19)25-11)12-7-8-14(26(24)9-10-3-4-10)16(23)15(12)18(20,21)22/h2,5-8,10H,1,3-4,9,23-24H2. The maximum Gasteiger partial charge on any atom is 0.419 e. The van der Waals surface area contributed by atoms with Crippen LogP contribution in [0.15, 0.2) is 30.8 Å². The quantitative estimate of drug-likeness (QED) is 0.273. The molecule has 1 aromatic heterocycles. The molecule has 26 heavy (non-hydrogen) atoms. The molecule has 2 aromatic rings. The summed E-state index contributed by atoms with van der Waals surface area (Å²) in [4.78, 5) is 3.60. The Labute approximate surface area is 148 Å². The predicted molar refractivity (Wildman–Crippen MR) is 93.4 cm³/mol. The van der Waals surface area contributed by atoms with Crippen molar-refractivity contribution >= 4 is 17.5 Å². The molecule has 0 spiro atoms. The number of halogens is 4. The second-order valence-corrected chi connectivity index (χ2v) is 6.29. The average Bonchev–Trinajstić information content (AvgIpc) is 3.37. The van der Waals surface area contributed by atoms with Crippen LogP contribution in [-0.2, 0) is 6.18 Å². The van der Waals surface area contributed by atoms with Gasteiger partial charge in [-0.2, -0.15) is 17.6 Å². The van der Waals surface area contributed by atoms with Gasteiger partial charge in [0.25, 0.3) is 0 Å². The van der Waals surface area contributed by atoms with Crippen molar-refractivity contribution in [1.82, 2.24) is 4.98 Å². The Balaban J connectivity index is 2.13. The number of anilines is 2. The molecule has 1 aliphatic carbocycles. The molecule has 4 N–H and O–H groups in total. The molecule has 1 aromatic carbocycles. The fourth-order valence-electron chi connectivity index (χ4n) is 2.83. The van der Waals surface area contributed by atoms with Crippen LogP contribution >= 0.6 is 0 Å². The number of alkyl halides is 3. The number of nitrogens with two attached hydrogens (primary N) is 2. The number of pyridine rings is 1. The molecule has 138 valence electrons. The maximum atomic E-state index is 14.3. The van der Waals surface area contributed by atoms with E-state index in [1.165, 1.54) is 35.4 Å². The highest BCUT2D eigenvalue weighted by Gasteiger charge is 2.38. The second kappa shape index (κ2) is 6.60. The molecule has 1 fully saturated rings. The molecule has 1 saturated carbocycles. The van der Waals surface area contributed by atoms with Crippen molar-refractivity contribution < 1.29 is 17.6 Å². The van der Waals surface area contributed by atoms with Crippen LogP contribution in [-0.4, -0.2) is 11.5 Å². The molecule has 0 bridgehead atoms. The van der Waals surface area contributed by atoms with E-state index in [9.17, 15) is 17.6 Å². The molecular formula is C18H18F4N4. The van der Waals surface area contributed by atoms with Crippen LogP contribution in [0.3, 0.4) is 0 Å². The average molecular weight is 366 g/mol. The third-order valence-electron chi connectivity index (χ3n) is 4.34. The number of hydrogen-bond acceptors (Lipinski definition) is 4. The molecule has 0 atom stereocenters. The minimum Gasteiger partial charge on any atom is -0.396 e. The van der Waals surface area contributed by atoms with E-state index >= 15 is 0 Å². The van der Waals surface area contributed by atoms with Crippen LogP contribution in [0.25, 0.3) is 17.2 Å². The van der Waals surface area contributed by atoms with Gasteiger partial charge in [0.05, 0.1) is 22.6 Å². The van der Waals surface area contributed by atoms with Gasteiger partial charge in [-0.25, -0.2) is 10.8 Å². The van der Waals surface area contributed by atoms with E-state index in [-0.39, 0.29) is 22.5 Å². The first-order valence-corrected chi connectivity index (χ1v) is 8.03. The number of rotatable bonds is 5. The highest BCUT2D eigenvalue weighted by molar-refractivity contribution is 5.82. The fraction of sp³-hybridized carbons (Fsp3) is 0.278. The number of benzene rings is 1. The first-order chi connectivity index (χ1) is 12.2. The van der Waals surface area contributed by atoms with E-state index in [0.717, 1.165) is 12.8 Å². The first kappa shape index (κ1) is 18.2. The topological polar surface area (TPSA) is 68.2 Å². The van der Waals surface area contributed by atoms with Gasteiger partial charge in [0.2, 0.25) is 5.95 Å². The van der Waals surface area contributed by atoms with Crippen LogP contribution in [0.5, 0.6) is 0 Å². The highest BCUT2D eigenvalue weighted by atomic mass is 19.4. The normalized spacial score (nSPS) is 14.3. The summed E-state index contributed by atoms with van der Waals surface area (Å²) in [7, 11) is 0. The van der Waals surface area contributed by atoms with Crippen molar-refractivity contribution in [3.8, 4) is 11.1 Å². The van der Waals surface area contributed by atoms with Crippen LogP contribution < -0.4 is 16.6 Å². The number of nitrogens with zero attached hydrogens (tertiary/aromatic N) is 2. The first-order valence-electron chi connectivity index (χ1n) is 8.03. The Morgan fingerprint density at radius 2 is 1.85 bits per heavy atom. The number of nitrogen functional groups attached to an aromatic ring is 1. The van der Waals surface area contributed by atoms with Gasteiger partial charge in [-0.05, 0) is 43.0 Å². The lowest BCUT2D eigenvalue weighted by Crippen LogP contribution is -2.34. The Bertz CT molecular complexity index is 844. The Kier molecular flexibility index (Phi) is 4.62. The summed E-state index contributed by atoms with van der Waals surface area (Å²) >= 11 is 0. The third kappa shape index (κ3) is 3.50. The molecule has 0 amide bonds. The van der Waals surface area contributed by atoms with E-state index in [0.29, 0.717) is 12.5 Å². The van der Waals surface area contributed by atoms with Gasteiger partial charge in [-0.3, -0.25) is 0 Å². The van der Waals surface area contributed by atoms with Crippen molar-refractivity contribution in [3.05, 3.63) is 48.0 Å². The summed E-state index contributed by atoms with van der Waals surface area (Å²) < 4.78 is 55.3. The van der Waals surface area contributed by atoms with Crippen LogP contribution in [0.4, 0.5) is 28.9 Å². The molecular weight excluding hydrogens is 348 g/mol. The SMILES string of the molecule is C=Cc1ccc(-c2ccc(N(N)CC3CC3)c(N)c2C(F)(F)F)c(F)n1. The van der Waals surface area contributed by atoms with E-state index in [1.54, 1.807) is 0 Å². The van der Waals surface area contributed by atoms with E-state index in [1.807, 2.05) is 0 Å². The zero-order valence-corrected chi connectivity index (χ0v) is 13.9. The van der Waals surface area contributed by atoms with Gasteiger partial charge < -0.3 is 10.7 Å². The van der Waals surface area contributed by atoms with Crippen molar-refractivity contribution in [3.63, 3.8) is 0 Å². The van der Waals surface area contributed by atoms with Gasteiger partial charge in [-0.15, -0.1) is 0 Å². The molecule has 0 unspecified atom stereocenters. The monoisotopic (exact) mass is 366 g/mol. The lowest BCUT2D eigenvalue weighted by atomic mass is 9.97. The van der Waals surface area contributed by atoms with Gasteiger partial charge in [0.15, 0.2) is 0 Å². The van der Waals surface area contributed by atoms with Gasteiger partial charge in [-0.1, -0.05) is 12.6 Å². The summed E-state index contributed by atoms with van der Waals surface area (Å²) in [6, 6.07) is 5.17. The number of hydrazine groups is 1. The summed E-state index contributed by atoms with van der Waals surface area (Å²) in [5, 5.41) is 1.22.